The van der Waals surface area contributed by atoms with Gasteiger partial charge in [-0.15, -0.1) is 0 Å². The molecule has 0 radical (unpaired) electrons. The maximum Gasteiger partial charge on any atom is 0.220 e. The Morgan fingerprint density at radius 3 is 0.743 bits per heavy atom. The number of hydrogen-bond acceptors (Lipinski definition) is 3. The van der Waals surface area contributed by atoms with Crippen LogP contribution in [0, 0.1) is 0 Å². The minimum Gasteiger partial charge on any atom is -0.394 e. The number of unbranched alkanes of at least 4 members (excludes halogenated alkanes) is 57. The lowest BCUT2D eigenvalue weighted by Gasteiger charge is -2.22. The van der Waals surface area contributed by atoms with Crippen LogP contribution in [-0.4, -0.2) is 34.9 Å². The maximum absolute atomic E-state index is 12.6. The highest BCUT2D eigenvalue weighted by Crippen LogP contribution is 2.20. The summed E-state index contributed by atoms with van der Waals surface area (Å²) in [6.07, 6.45) is 88.4. The number of nitrogens with one attached hydrogen (secondary N) is 1. The van der Waals surface area contributed by atoms with Crippen LogP contribution in [0.2, 0.25) is 0 Å². The molecule has 0 saturated carbocycles. The highest BCUT2D eigenvalue weighted by atomic mass is 16.3. The molecular formula is C70H139NO3. The zero-order valence-corrected chi connectivity index (χ0v) is 51.2. The van der Waals surface area contributed by atoms with Gasteiger partial charge < -0.3 is 15.5 Å². The lowest BCUT2D eigenvalue weighted by atomic mass is 10.0. The number of amides is 1. The molecule has 0 aromatic rings. The first-order valence-corrected chi connectivity index (χ1v) is 34.9. The van der Waals surface area contributed by atoms with Gasteiger partial charge in [-0.25, -0.2) is 0 Å². The predicted molar refractivity (Wildman–Crippen MR) is 332 cm³/mol. The molecule has 0 rings (SSSR count). The second-order valence-electron chi connectivity index (χ2n) is 24.3. The molecule has 0 bridgehead atoms. The van der Waals surface area contributed by atoms with Gasteiger partial charge in [0.25, 0.3) is 0 Å². The van der Waals surface area contributed by atoms with Crippen molar-refractivity contribution >= 4 is 5.91 Å². The van der Waals surface area contributed by atoms with Gasteiger partial charge in [0.2, 0.25) is 5.91 Å². The van der Waals surface area contributed by atoms with Crippen LogP contribution in [0.4, 0.5) is 0 Å². The van der Waals surface area contributed by atoms with Crippen molar-refractivity contribution in [1.82, 2.24) is 5.32 Å². The van der Waals surface area contributed by atoms with Crippen molar-refractivity contribution in [3.8, 4) is 0 Å². The molecule has 2 unspecified atom stereocenters. The van der Waals surface area contributed by atoms with E-state index in [1.165, 1.54) is 360 Å². The van der Waals surface area contributed by atoms with E-state index in [2.05, 4.69) is 31.3 Å². The van der Waals surface area contributed by atoms with Crippen LogP contribution < -0.4 is 5.32 Å². The first-order valence-electron chi connectivity index (χ1n) is 34.9. The average Bonchev–Trinajstić information content (AvgIpc) is 3.40. The van der Waals surface area contributed by atoms with E-state index in [9.17, 15) is 15.0 Å². The summed E-state index contributed by atoms with van der Waals surface area (Å²) in [5, 5.41) is 23.5. The topological polar surface area (TPSA) is 69.6 Å². The molecule has 0 aliphatic carbocycles. The summed E-state index contributed by atoms with van der Waals surface area (Å²) in [4.78, 5) is 12.6. The van der Waals surface area contributed by atoms with Crippen LogP contribution in [0.3, 0.4) is 0 Å². The van der Waals surface area contributed by atoms with Crippen molar-refractivity contribution in [3.63, 3.8) is 0 Å². The highest BCUT2D eigenvalue weighted by molar-refractivity contribution is 5.76. The zero-order chi connectivity index (χ0) is 53.4. The van der Waals surface area contributed by atoms with Crippen molar-refractivity contribution in [2.75, 3.05) is 6.61 Å². The summed E-state index contributed by atoms with van der Waals surface area (Å²) in [6.45, 7) is 4.41. The Balaban J connectivity index is 3.37. The molecular weight excluding hydrogens is 903 g/mol. The number of hydrogen-bond donors (Lipinski definition) is 3. The van der Waals surface area contributed by atoms with Crippen molar-refractivity contribution in [2.24, 2.45) is 0 Å². The van der Waals surface area contributed by atoms with Crippen molar-refractivity contribution in [2.45, 2.75) is 424 Å². The second kappa shape index (κ2) is 66.4. The van der Waals surface area contributed by atoms with Gasteiger partial charge >= 0.3 is 0 Å². The monoisotopic (exact) mass is 1040 g/mol. The quantitative estimate of drug-likeness (QED) is 0.0420. The van der Waals surface area contributed by atoms with E-state index in [1.807, 2.05) is 0 Å². The third-order valence-corrected chi connectivity index (χ3v) is 16.8. The fourth-order valence-corrected chi connectivity index (χ4v) is 11.5. The summed E-state index contributed by atoms with van der Waals surface area (Å²) in [5.41, 5.74) is 0. The second-order valence-corrected chi connectivity index (χ2v) is 24.3. The van der Waals surface area contributed by atoms with E-state index < -0.39 is 12.1 Å². The number of aliphatic hydroxyl groups is 2. The standard InChI is InChI=1S/C70H139NO3/c1-3-5-7-9-11-13-15-17-19-21-23-25-27-29-31-33-35-37-39-41-43-45-47-49-51-53-55-57-59-61-63-65-69(73)68(67-72)71-70(74)66-64-62-60-58-56-54-52-50-48-46-44-42-40-38-36-34-32-30-28-26-24-22-20-18-16-14-12-10-8-6-4-2/h22,24,68-69,72-73H,3-21,23,25-67H2,1-2H3,(H,71,74)/b24-22-. The van der Waals surface area contributed by atoms with Crippen molar-refractivity contribution < 1.29 is 15.0 Å². The molecule has 0 aliphatic rings. The van der Waals surface area contributed by atoms with Gasteiger partial charge in [-0.2, -0.15) is 0 Å². The lowest BCUT2D eigenvalue weighted by Crippen LogP contribution is -2.45. The molecule has 2 atom stereocenters. The van der Waals surface area contributed by atoms with Gasteiger partial charge in [-0.1, -0.05) is 379 Å². The maximum atomic E-state index is 12.6. The summed E-state index contributed by atoms with van der Waals surface area (Å²) in [5.74, 6) is -0.0209. The molecule has 3 N–H and O–H groups in total. The van der Waals surface area contributed by atoms with Crippen molar-refractivity contribution in [1.29, 1.82) is 0 Å². The molecule has 1 amide bonds. The molecule has 0 saturated heterocycles. The third-order valence-electron chi connectivity index (χ3n) is 16.8. The van der Waals surface area contributed by atoms with Crippen LogP contribution in [-0.2, 0) is 4.79 Å². The van der Waals surface area contributed by atoms with E-state index >= 15 is 0 Å². The normalized spacial score (nSPS) is 12.6. The zero-order valence-electron chi connectivity index (χ0n) is 51.2. The summed E-state index contributed by atoms with van der Waals surface area (Å²) < 4.78 is 0. The Hall–Kier alpha value is -0.870. The van der Waals surface area contributed by atoms with Gasteiger partial charge in [0, 0.05) is 6.42 Å². The number of aliphatic hydroxyl groups excluding tert-OH is 2. The van der Waals surface area contributed by atoms with Crippen LogP contribution >= 0.6 is 0 Å². The summed E-state index contributed by atoms with van der Waals surface area (Å²) >= 11 is 0. The molecule has 0 aromatic carbocycles. The molecule has 4 heteroatoms. The molecule has 0 aliphatic heterocycles. The first kappa shape index (κ1) is 73.1. The van der Waals surface area contributed by atoms with E-state index in [0.29, 0.717) is 12.8 Å². The summed E-state index contributed by atoms with van der Waals surface area (Å²) in [6, 6.07) is -0.534. The Bertz CT molecular complexity index is 1040. The van der Waals surface area contributed by atoms with E-state index in [-0.39, 0.29) is 12.5 Å². The number of carbonyl (C=O) groups is 1. The van der Waals surface area contributed by atoms with Gasteiger partial charge in [-0.3, -0.25) is 4.79 Å². The lowest BCUT2D eigenvalue weighted by molar-refractivity contribution is -0.123. The molecule has 0 spiro atoms. The smallest absolute Gasteiger partial charge is 0.220 e. The number of allylic oxidation sites excluding steroid dienone is 2. The molecule has 0 aromatic heterocycles. The van der Waals surface area contributed by atoms with Gasteiger partial charge in [0.05, 0.1) is 18.8 Å². The van der Waals surface area contributed by atoms with E-state index in [1.54, 1.807) is 0 Å². The predicted octanol–water partition coefficient (Wildman–Crippen LogP) is 23.6. The number of rotatable bonds is 66. The fourth-order valence-electron chi connectivity index (χ4n) is 11.5. The third kappa shape index (κ3) is 62.0. The van der Waals surface area contributed by atoms with Crippen molar-refractivity contribution in [3.05, 3.63) is 12.2 Å². The van der Waals surface area contributed by atoms with Gasteiger partial charge in [-0.05, 0) is 38.5 Å². The van der Waals surface area contributed by atoms with Gasteiger partial charge in [0.15, 0.2) is 0 Å². The van der Waals surface area contributed by atoms with Crippen LogP contribution in [0.5, 0.6) is 0 Å². The molecule has 0 heterocycles. The van der Waals surface area contributed by atoms with E-state index in [4.69, 9.17) is 0 Å². The molecule has 0 fully saturated rings. The van der Waals surface area contributed by atoms with Crippen LogP contribution in [0.25, 0.3) is 0 Å². The molecule has 74 heavy (non-hydrogen) atoms. The largest absolute Gasteiger partial charge is 0.394 e. The number of carbonyl (C=O) groups excluding carboxylic acids is 1. The Morgan fingerprint density at radius 2 is 0.514 bits per heavy atom. The minimum atomic E-state index is -0.658. The van der Waals surface area contributed by atoms with E-state index in [0.717, 1.165) is 25.7 Å². The summed E-state index contributed by atoms with van der Waals surface area (Å²) in [7, 11) is 0. The Kier molecular flexibility index (Phi) is 65.6. The molecule has 442 valence electrons. The Morgan fingerprint density at radius 1 is 0.311 bits per heavy atom. The SMILES string of the molecule is CCCCCCCCCC/C=C\CCCCCCCCCCCCCCCCCCCCCC(=O)NC(CO)C(O)CCCCCCCCCCCCCCCCCCCCCCCCCCCCCCCCC. The van der Waals surface area contributed by atoms with Crippen LogP contribution in [0.1, 0.15) is 412 Å². The fraction of sp³-hybridized carbons (Fsp3) is 0.957. The average molecular weight is 1040 g/mol. The van der Waals surface area contributed by atoms with Gasteiger partial charge in [0.1, 0.15) is 0 Å². The minimum absolute atomic E-state index is 0.0209. The molecule has 4 nitrogen and oxygen atoms in total. The highest BCUT2D eigenvalue weighted by Gasteiger charge is 2.20. The van der Waals surface area contributed by atoms with Crippen LogP contribution in [0.15, 0.2) is 12.2 Å². The Labute approximate surface area is 467 Å². The first-order chi connectivity index (χ1) is 36.7.